The largest absolute Gasteiger partial charge is 0.508 e. The van der Waals surface area contributed by atoms with Crippen molar-refractivity contribution in [2.24, 2.45) is 5.92 Å². The zero-order chi connectivity index (χ0) is 14.8. The quantitative estimate of drug-likeness (QED) is 0.874. The van der Waals surface area contributed by atoms with Crippen LogP contribution in [0.15, 0.2) is 18.2 Å². The highest BCUT2D eigenvalue weighted by atomic mass is 35.5. The second kappa shape index (κ2) is 6.22. The molecule has 0 saturated heterocycles. The van der Waals surface area contributed by atoms with Crippen LogP contribution in [0.1, 0.15) is 31.2 Å². The van der Waals surface area contributed by atoms with Gasteiger partial charge in [0.25, 0.3) is 0 Å². The number of phenolic OH excluding ortho intramolecular Hbond substituents is 1. The van der Waals surface area contributed by atoms with Crippen LogP contribution in [0.5, 0.6) is 5.75 Å². The van der Waals surface area contributed by atoms with E-state index in [0.29, 0.717) is 30.0 Å². The van der Waals surface area contributed by atoms with E-state index in [9.17, 15) is 18.3 Å². The third-order valence-corrected chi connectivity index (χ3v) is 4.05. The topological polar surface area (TPSA) is 32.3 Å². The summed E-state index contributed by atoms with van der Waals surface area (Å²) in [5.74, 6) is -1.02. The second-order valence-corrected chi connectivity index (χ2v) is 5.68. The van der Waals surface area contributed by atoms with E-state index < -0.39 is 12.1 Å². The van der Waals surface area contributed by atoms with Gasteiger partial charge in [-0.25, -0.2) is 0 Å². The van der Waals surface area contributed by atoms with E-state index in [0.717, 1.165) is 0 Å². The molecule has 0 aromatic heterocycles. The Kier molecular flexibility index (Phi) is 4.81. The fourth-order valence-corrected chi connectivity index (χ4v) is 2.77. The Bertz CT molecular complexity index is 456. The zero-order valence-corrected chi connectivity index (χ0v) is 11.6. The number of aromatic hydroxyl groups is 1. The van der Waals surface area contributed by atoms with Crippen LogP contribution in [0.3, 0.4) is 0 Å². The number of hydrogen-bond donors (Lipinski definition) is 2. The number of halogens is 4. The van der Waals surface area contributed by atoms with E-state index in [2.05, 4.69) is 5.32 Å². The third-order valence-electron chi connectivity index (χ3n) is 3.81. The molecular formula is C14H17ClF3NO. The predicted molar refractivity (Wildman–Crippen MR) is 71.8 cm³/mol. The fourth-order valence-electron chi connectivity index (χ4n) is 2.57. The van der Waals surface area contributed by atoms with Crippen molar-refractivity contribution in [3.05, 3.63) is 28.8 Å². The van der Waals surface area contributed by atoms with Gasteiger partial charge in [0.2, 0.25) is 0 Å². The van der Waals surface area contributed by atoms with Gasteiger partial charge in [0, 0.05) is 23.2 Å². The average molecular weight is 308 g/mol. The maximum absolute atomic E-state index is 12.5. The van der Waals surface area contributed by atoms with E-state index in [4.69, 9.17) is 11.6 Å². The number of rotatable bonds is 3. The van der Waals surface area contributed by atoms with Crippen molar-refractivity contribution in [3.63, 3.8) is 0 Å². The lowest BCUT2D eigenvalue weighted by atomic mass is 9.85. The summed E-state index contributed by atoms with van der Waals surface area (Å²) in [5, 5.41) is 13.4. The molecule has 2 nitrogen and oxygen atoms in total. The molecule has 112 valence electrons. The molecule has 2 rings (SSSR count). The smallest absolute Gasteiger partial charge is 0.391 e. The van der Waals surface area contributed by atoms with E-state index in [1.807, 2.05) is 0 Å². The summed E-state index contributed by atoms with van der Waals surface area (Å²) in [5.41, 5.74) is 0.662. The van der Waals surface area contributed by atoms with Crippen LogP contribution in [0, 0.1) is 5.92 Å². The maximum Gasteiger partial charge on any atom is 0.391 e. The average Bonchev–Trinajstić information content (AvgIpc) is 2.39. The Labute approximate surface area is 120 Å². The second-order valence-electron chi connectivity index (χ2n) is 5.24. The number of nitrogens with one attached hydrogen (secondary N) is 1. The van der Waals surface area contributed by atoms with E-state index in [1.54, 1.807) is 12.1 Å². The number of alkyl halides is 3. The van der Waals surface area contributed by atoms with E-state index in [1.165, 1.54) is 6.07 Å². The Morgan fingerprint density at radius 3 is 2.45 bits per heavy atom. The minimum atomic E-state index is -4.07. The molecule has 1 aliphatic rings. The molecule has 0 amide bonds. The molecule has 20 heavy (non-hydrogen) atoms. The van der Waals surface area contributed by atoms with Gasteiger partial charge >= 0.3 is 6.18 Å². The van der Waals surface area contributed by atoms with Crippen LogP contribution in [0.25, 0.3) is 0 Å². The van der Waals surface area contributed by atoms with Gasteiger partial charge < -0.3 is 10.4 Å². The van der Waals surface area contributed by atoms with Gasteiger partial charge in [-0.1, -0.05) is 11.6 Å². The highest BCUT2D eigenvalue weighted by Gasteiger charge is 2.41. The van der Waals surface area contributed by atoms with Gasteiger partial charge in [-0.15, -0.1) is 0 Å². The Balaban J connectivity index is 1.83. The zero-order valence-electron chi connectivity index (χ0n) is 10.9. The predicted octanol–water partition coefficient (Wildman–Crippen LogP) is 4.26. The standard InChI is InChI=1S/C14H17ClF3NO/c15-11-3-6-13(20)9(7-11)8-19-12-4-1-10(2-5-12)14(16,17)18/h3,6-7,10,12,19-20H,1-2,4-5,8H2. The first-order chi connectivity index (χ1) is 9.36. The number of hydrogen-bond acceptors (Lipinski definition) is 2. The lowest BCUT2D eigenvalue weighted by Gasteiger charge is -2.30. The van der Waals surface area contributed by atoms with Gasteiger partial charge in [0.05, 0.1) is 5.92 Å². The molecule has 1 aromatic rings. The Morgan fingerprint density at radius 2 is 1.85 bits per heavy atom. The highest BCUT2D eigenvalue weighted by Crippen LogP contribution is 2.37. The summed E-state index contributed by atoms with van der Waals surface area (Å²) in [6.45, 7) is 0.410. The molecule has 1 saturated carbocycles. The molecular weight excluding hydrogens is 291 g/mol. The van der Waals surface area contributed by atoms with Gasteiger partial charge in [0.1, 0.15) is 5.75 Å². The molecule has 1 aromatic carbocycles. The van der Waals surface area contributed by atoms with Crippen molar-refractivity contribution >= 4 is 11.6 Å². The lowest BCUT2D eigenvalue weighted by Crippen LogP contribution is -2.36. The van der Waals surface area contributed by atoms with Crippen molar-refractivity contribution in [3.8, 4) is 5.75 Å². The molecule has 1 fully saturated rings. The molecule has 6 heteroatoms. The van der Waals surface area contributed by atoms with Crippen LogP contribution >= 0.6 is 11.6 Å². The first-order valence-corrected chi connectivity index (χ1v) is 7.01. The first-order valence-electron chi connectivity index (χ1n) is 6.64. The summed E-state index contributed by atoms with van der Waals surface area (Å²) in [6, 6.07) is 4.83. The van der Waals surface area contributed by atoms with Crippen LogP contribution in [-0.2, 0) is 6.54 Å². The maximum atomic E-state index is 12.5. The molecule has 0 atom stereocenters. The molecule has 2 N–H and O–H groups in total. The van der Waals surface area contributed by atoms with Crippen molar-refractivity contribution in [1.82, 2.24) is 5.32 Å². The van der Waals surface area contributed by atoms with Gasteiger partial charge in [-0.05, 0) is 43.9 Å². The van der Waals surface area contributed by atoms with Gasteiger partial charge in [-0.3, -0.25) is 0 Å². The normalized spacial score (nSPS) is 23.8. The lowest BCUT2D eigenvalue weighted by molar-refractivity contribution is -0.182. The van der Waals surface area contributed by atoms with E-state index in [-0.39, 0.29) is 24.6 Å². The Morgan fingerprint density at radius 1 is 1.20 bits per heavy atom. The third kappa shape index (κ3) is 4.03. The first kappa shape index (κ1) is 15.4. The van der Waals surface area contributed by atoms with Crippen LogP contribution in [0.2, 0.25) is 5.02 Å². The fraction of sp³-hybridized carbons (Fsp3) is 0.571. The van der Waals surface area contributed by atoms with E-state index >= 15 is 0 Å². The number of benzene rings is 1. The minimum Gasteiger partial charge on any atom is -0.508 e. The van der Waals surface area contributed by atoms with Crippen LogP contribution < -0.4 is 5.32 Å². The number of phenols is 1. The van der Waals surface area contributed by atoms with Crippen LogP contribution in [-0.4, -0.2) is 17.3 Å². The van der Waals surface area contributed by atoms with Crippen molar-refractivity contribution < 1.29 is 18.3 Å². The SMILES string of the molecule is Oc1ccc(Cl)cc1CNC1CCC(C(F)(F)F)CC1. The van der Waals surface area contributed by atoms with Gasteiger partial charge in [0.15, 0.2) is 0 Å². The molecule has 0 radical (unpaired) electrons. The van der Waals surface area contributed by atoms with Crippen molar-refractivity contribution in [1.29, 1.82) is 0 Å². The molecule has 0 bridgehead atoms. The Hall–Kier alpha value is -0.940. The van der Waals surface area contributed by atoms with Crippen molar-refractivity contribution in [2.75, 3.05) is 0 Å². The molecule has 0 aliphatic heterocycles. The molecule has 0 unspecified atom stereocenters. The minimum absolute atomic E-state index is 0.0620. The summed E-state index contributed by atoms with van der Waals surface area (Å²) < 4.78 is 37.6. The summed E-state index contributed by atoms with van der Waals surface area (Å²) in [7, 11) is 0. The molecule has 0 heterocycles. The molecule has 0 spiro atoms. The van der Waals surface area contributed by atoms with Crippen molar-refractivity contribution in [2.45, 2.75) is 44.4 Å². The van der Waals surface area contributed by atoms with Crippen LogP contribution in [0.4, 0.5) is 13.2 Å². The highest BCUT2D eigenvalue weighted by molar-refractivity contribution is 6.30. The molecule has 1 aliphatic carbocycles. The summed E-state index contributed by atoms with van der Waals surface area (Å²) >= 11 is 5.84. The van der Waals surface area contributed by atoms with Gasteiger partial charge in [-0.2, -0.15) is 13.2 Å². The summed E-state index contributed by atoms with van der Waals surface area (Å²) in [6.07, 6.45) is -2.72. The monoisotopic (exact) mass is 307 g/mol. The summed E-state index contributed by atoms with van der Waals surface area (Å²) in [4.78, 5) is 0.